The van der Waals surface area contributed by atoms with Gasteiger partial charge in [-0.15, -0.1) is 0 Å². The van der Waals surface area contributed by atoms with E-state index in [1.807, 2.05) is 0 Å². The van der Waals surface area contributed by atoms with E-state index in [1.54, 1.807) is 19.9 Å². The lowest BCUT2D eigenvalue weighted by Gasteiger charge is -2.30. The number of anilines is 1. The van der Waals surface area contributed by atoms with Crippen LogP contribution in [0.1, 0.15) is 18.1 Å². The summed E-state index contributed by atoms with van der Waals surface area (Å²) < 4.78 is 25.8. The molecular weight excluding hydrogens is 419 g/mol. The van der Waals surface area contributed by atoms with E-state index in [2.05, 4.69) is 31.2 Å². The lowest BCUT2D eigenvalue weighted by atomic mass is 9.92. The molecule has 1 aliphatic heterocycles. The average molecular weight is 437 g/mol. The van der Waals surface area contributed by atoms with Crippen LogP contribution in [0.2, 0.25) is 0 Å². The van der Waals surface area contributed by atoms with Gasteiger partial charge in [-0.05, 0) is 54.0 Å². The predicted octanol–water partition coefficient (Wildman–Crippen LogP) is 3.51. The average Bonchev–Trinajstić information content (AvgIpc) is 2.59. The van der Waals surface area contributed by atoms with E-state index in [1.165, 1.54) is 24.4 Å². The third kappa shape index (κ3) is 4.42. The van der Waals surface area contributed by atoms with Gasteiger partial charge in [0.25, 0.3) is 0 Å². The van der Waals surface area contributed by atoms with Gasteiger partial charge >= 0.3 is 6.09 Å². The molecule has 0 spiro atoms. The largest absolute Gasteiger partial charge is 0.418 e. The Kier molecular flexibility index (Phi) is 5.43. The van der Waals surface area contributed by atoms with Crippen molar-refractivity contribution in [3.05, 3.63) is 51.9 Å². The Morgan fingerprint density at radius 1 is 1.44 bits per heavy atom. The molecule has 3 rings (SSSR count). The number of rotatable bonds is 3. The highest BCUT2D eigenvalue weighted by Crippen LogP contribution is 2.32. The predicted molar refractivity (Wildman–Crippen MR) is 103 cm³/mol. The summed E-state index contributed by atoms with van der Waals surface area (Å²) in [5.41, 5.74) is 6.06. The van der Waals surface area contributed by atoms with E-state index in [0.29, 0.717) is 11.3 Å². The maximum atomic E-state index is 14.4. The van der Waals surface area contributed by atoms with Gasteiger partial charge in [0.2, 0.25) is 5.88 Å². The first-order valence-electron chi connectivity index (χ1n) is 8.10. The maximum Gasteiger partial charge on any atom is 0.418 e. The number of amidine groups is 1. The molecule has 142 valence electrons. The standard InChI is InChI=1S/C18H18BrFN4O3/c1-10-5-11(19)7-22-16(10)27-17(25)23-12-3-4-14(20)13(6-12)18(2)9-26-8-15(21)24-18/h3-7H,8-9H2,1-2H3,(H2,21,24)(H,23,25). The Hall–Kier alpha value is -2.52. The minimum atomic E-state index is -0.974. The second-order valence-corrected chi connectivity index (χ2v) is 7.27. The van der Waals surface area contributed by atoms with E-state index in [-0.39, 0.29) is 30.5 Å². The molecule has 3 N–H and O–H groups in total. The Bertz CT molecular complexity index is 921. The molecular formula is C18H18BrFN4O3. The molecule has 0 radical (unpaired) electrons. The molecule has 27 heavy (non-hydrogen) atoms. The number of carbonyl (C=O) groups is 1. The van der Waals surface area contributed by atoms with Crippen LogP contribution in [0.15, 0.2) is 39.9 Å². The lowest BCUT2D eigenvalue weighted by molar-refractivity contribution is 0.104. The van der Waals surface area contributed by atoms with Crippen LogP contribution >= 0.6 is 15.9 Å². The van der Waals surface area contributed by atoms with Crippen LogP contribution in [0.3, 0.4) is 0 Å². The van der Waals surface area contributed by atoms with Crippen LogP contribution < -0.4 is 15.8 Å². The first-order valence-corrected chi connectivity index (χ1v) is 8.89. The number of aryl methyl sites for hydroxylation is 1. The molecule has 0 bridgehead atoms. The fourth-order valence-electron chi connectivity index (χ4n) is 2.76. The van der Waals surface area contributed by atoms with E-state index in [0.717, 1.165) is 4.47 Å². The van der Waals surface area contributed by atoms with E-state index < -0.39 is 17.4 Å². The van der Waals surface area contributed by atoms with Crippen LogP contribution in [0.25, 0.3) is 0 Å². The number of hydrogen-bond acceptors (Lipinski definition) is 6. The quantitative estimate of drug-likeness (QED) is 0.766. The maximum absolute atomic E-state index is 14.4. The number of carbonyl (C=O) groups excluding carboxylic acids is 1. The summed E-state index contributed by atoms with van der Waals surface area (Å²) in [6.07, 6.45) is 0.788. The second-order valence-electron chi connectivity index (χ2n) is 6.35. The molecule has 1 unspecified atom stereocenters. The molecule has 2 aromatic rings. The van der Waals surface area contributed by atoms with Gasteiger partial charge in [-0.2, -0.15) is 0 Å². The topological polar surface area (TPSA) is 98.8 Å². The monoisotopic (exact) mass is 436 g/mol. The fourth-order valence-corrected chi connectivity index (χ4v) is 3.20. The molecule has 0 fully saturated rings. The second kappa shape index (κ2) is 7.61. The number of aromatic nitrogens is 1. The van der Waals surface area contributed by atoms with Crippen molar-refractivity contribution >= 4 is 33.5 Å². The molecule has 2 heterocycles. The molecule has 9 heteroatoms. The van der Waals surface area contributed by atoms with Crippen LogP contribution in [-0.2, 0) is 10.3 Å². The number of hydrogen-bond donors (Lipinski definition) is 2. The number of halogens is 2. The summed E-state index contributed by atoms with van der Waals surface area (Å²) in [5, 5.41) is 2.57. The number of amides is 1. The van der Waals surface area contributed by atoms with E-state index in [4.69, 9.17) is 15.2 Å². The molecule has 7 nitrogen and oxygen atoms in total. The Labute approximate surface area is 163 Å². The van der Waals surface area contributed by atoms with Crippen molar-refractivity contribution < 1.29 is 18.7 Å². The number of nitrogens with one attached hydrogen (secondary N) is 1. The smallest absolute Gasteiger partial charge is 0.391 e. The minimum absolute atomic E-state index is 0.181. The number of aliphatic imine (C=N–C) groups is 1. The minimum Gasteiger partial charge on any atom is -0.391 e. The lowest BCUT2D eigenvalue weighted by Crippen LogP contribution is -2.38. The zero-order valence-electron chi connectivity index (χ0n) is 14.8. The number of nitrogens with two attached hydrogens (primary N) is 1. The first kappa shape index (κ1) is 19.2. The molecule has 0 saturated heterocycles. The van der Waals surface area contributed by atoms with Crippen molar-refractivity contribution in [2.75, 3.05) is 18.5 Å². The molecule has 0 aliphatic carbocycles. The highest BCUT2D eigenvalue weighted by atomic mass is 79.9. The van der Waals surface area contributed by atoms with Crippen molar-refractivity contribution in [1.82, 2.24) is 4.98 Å². The summed E-state index contributed by atoms with van der Waals surface area (Å²) in [6, 6.07) is 5.95. The third-order valence-electron chi connectivity index (χ3n) is 4.00. The van der Waals surface area contributed by atoms with Crippen LogP contribution in [0.4, 0.5) is 14.9 Å². The van der Waals surface area contributed by atoms with Crippen molar-refractivity contribution in [2.45, 2.75) is 19.4 Å². The van der Waals surface area contributed by atoms with Gasteiger partial charge in [-0.1, -0.05) is 0 Å². The Balaban J connectivity index is 1.80. The number of nitrogens with zero attached hydrogens (tertiary/aromatic N) is 2. The summed E-state index contributed by atoms with van der Waals surface area (Å²) in [6.45, 7) is 3.87. The van der Waals surface area contributed by atoms with E-state index in [9.17, 15) is 9.18 Å². The van der Waals surface area contributed by atoms with Crippen LogP contribution in [0.5, 0.6) is 5.88 Å². The zero-order valence-corrected chi connectivity index (χ0v) is 16.3. The Morgan fingerprint density at radius 3 is 2.93 bits per heavy atom. The number of pyridine rings is 1. The third-order valence-corrected chi connectivity index (χ3v) is 4.44. The summed E-state index contributed by atoms with van der Waals surface area (Å²) in [7, 11) is 0. The highest BCUT2D eigenvalue weighted by molar-refractivity contribution is 9.10. The van der Waals surface area contributed by atoms with Gasteiger partial charge in [-0.25, -0.2) is 14.2 Å². The van der Waals surface area contributed by atoms with Crippen molar-refractivity contribution in [3.63, 3.8) is 0 Å². The number of ether oxygens (including phenoxy) is 2. The molecule has 1 aromatic heterocycles. The normalized spacial score (nSPS) is 19.3. The van der Waals surface area contributed by atoms with E-state index >= 15 is 0 Å². The SMILES string of the molecule is Cc1cc(Br)cnc1OC(=O)Nc1ccc(F)c(C2(C)COCC(N)=N2)c1. The number of benzene rings is 1. The molecule has 1 aromatic carbocycles. The van der Waals surface area contributed by atoms with Gasteiger partial charge in [0.05, 0.1) is 6.61 Å². The summed E-state index contributed by atoms with van der Waals surface area (Å²) in [4.78, 5) is 20.5. The van der Waals surface area contributed by atoms with Crippen LogP contribution in [-0.4, -0.2) is 30.1 Å². The van der Waals surface area contributed by atoms with Gasteiger partial charge in [0.15, 0.2) is 0 Å². The van der Waals surface area contributed by atoms with Gasteiger partial charge < -0.3 is 15.2 Å². The summed E-state index contributed by atoms with van der Waals surface area (Å²) in [5.74, 6) is 0.00430. The van der Waals surface area contributed by atoms with Crippen molar-refractivity contribution in [3.8, 4) is 5.88 Å². The van der Waals surface area contributed by atoms with Gasteiger partial charge in [0.1, 0.15) is 23.8 Å². The fraction of sp³-hybridized carbons (Fsp3) is 0.278. The molecule has 1 aliphatic rings. The summed E-state index contributed by atoms with van der Waals surface area (Å²) >= 11 is 3.29. The molecule has 1 amide bonds. The van der Waals surface area contributed by atoms with Crippen molar-refractivity contribution in [1.29, 1.82) is 0 Å². The van der Waals surface area contributed by atoms with Crippen LogP contribution in [0, 0.1) is 12.7 Å². The zero-order chi connectivity index (χ0) is 19.6. The Morgan fingerprint density at radius 2 is 2.22 bits per heavy atom. The first-order chi connectivity index (χ1) is 12.8. The highest BCUT2D eigenvalue weighted by Gasteiger charge is 2.33. The van der Waals surface area contributed by atoms with Gasteiger partial charge in [0, 0.05) is 27.5 Å². The molecule has 1 atom stereocenters. The van der Waals surface area contributed by atoms with Crippen molar-refractivity contribution in [2.24, 2.45) is 10.7 Å². The molecule has 0 saturated carbocycles. The van der Waals surface area contributed by atoms with Gasteiger partial charge in [-0.3, -0.25) is 10.3 Å².